The molecule has 11 rings (SSSR count). The van der Waals surface area contributed by atoms with E-state index in [0.29, 0.717) is 57.5 Å². The molecule has 0 unspecified atom stereocenters. The van der Waals surface area contributed by atoms with Crippen LogP contribution in [-0.4, -0.2) is 62.0 Å². The lowest BCUT2D eigenvalue weighted by Crippen LogP contribution is -2.25. The van der Waals surface area contributed by atoms with Crippen LogP contribution in [0.5, 0.6) is 34.5 Å². The second kappa shape index (κ2) is 44.8. The monoisotopic (exact) mass is 1420 g/mol. The third kappa shape index (κ3) is 31.0. The zero-order valence-corrected chi connectivity index (χ0v) is 63.0. The molecule has 8 aromatic rings. The third-order valence-electron chi connectivity index (χ3n) is 17.6. The fourth-order valence-corrected chi connectivity index (χ4v) is 11.7. The number of benzene rings is 8. The molecular weight excluding hydrogens is 1310 g/mol. The summed E-state index contributed by atoms with van der Waals surface area (Å²) in [5.74, 6) is 3.48. The zero-order chi connectivity index (χ0) is 76.1. The first kappa shape index (κ1) is 84.2. The van der Waals surface area contributed by atoms with E-state index < -0.39 is 0 Å². The minimum absolute atomic E-state index is 0.0399. The van der Waals surface area contributed by atoms with Gasteiger partial charge in [0.2, 0.25) is 0 Å². The standard InChI is InChI=1S/C22H24O4.2C15H20O2.C14H14.2C10H10O4.C2H6/c1-15-3-13-20(14-4-15)26-22(24)19-11-7-17(8-12-19)16-5-9-18(10-6-16)21(23)25-2;1-11-3-7-13(8-4-11)15(16)17-14-9-5-12(2)6-10-14;1-11-3-5-12(6-4-11)13-7-9-14(10-8-13)15(16)17-2;1-11-3-7-13(8-4-11)14-9-5-12(2)6-10-14;2*1-7(11)13-9-3-5-10(6-4-9)14-8(2)12;1-2/h3-6,9-10,13-14,17,19H,7-8,11-12H2,1-2H3;5-6,9-11,13H,3-4,7-8H2,1-2H3;7-12H,3-6H2,1-2H3;3-10H,1-2H3;2*3-6H,1-2H3;1-2H3. The van der Waals surface area contributed by atoms with Crippen LogP contribution in [0.15, 0.2) is 194 Å². The molecule has 0 aromatic heterocycles. The topological polar surface area (TPSA) is 210 Å². The van der Waals surface area contributed by atoms with E-state index in [2.05, 4.69) is 88.4 Å². The third-order valence-corrected chi connectivity index (χ3v) is 17.6. The molecule has 8 aromatic carbocycles. The quantitative estimate of drug-likeness (QED) is 0.0776. The number of carbonyl (C=O) groups excluding carboxylic acids is 8. The lowest BCUT2D eigenvalue weighted by atomic mass is 9.78. The number of ether oxygens (including phenoxy) is 8. The normalized spacial score (nSPS) is 16.8. The van der Waals surface area contributed by atoms with Crippen molar-refractivity contribution in [3.63, 3.8) is 0 Å². The Bertz CT molecular complexity index is 3730. The Hall–Kier alpha value is -10.5. The average Bonchev–Trinajstić information content (AvgIpc) is 0.856. The van der Waals surface area contributed by atoms with E-state index in [0.717, 1.165) is 68.8 Å². The molecule has 0 heterocycles. The minimum Gasteiger partial charge on any atom is -0.465 e. The predicted octanol–water partition coefficient (Wildman–Crippen LogP) is 20.2. The lowest BCUT2D eigenvalue weighted by Gasteiger charge is -2.27. The first-order valence-corrected chi connectivity index (χ1v) is 35.8. The van der Waals surface area contributed by atoms with E-state index in [1.54, 1.807) is 60.7 Å². The number of rotatable bonds is 13. The Balaban J connectivity index is 0.000000227. The van der Waals surface area contributed by atoms with Crippen molar-refractivity contribution in [3.05, 3.63) is 239 Å². The first-order valence-electron chi connectivity index (χ1n) is 35.8. The highest BCUT2D eigenvalue weighted by Crippen LogP contribution is 2.38. The Morgan fingerprint density at radius 1 is 0.279 bits per heavy atom. The number of methoxy groups -OCH3 is 2. The minimum atomic E-state index is -0.384. The first-order chi connectivity index (χ1) is 49.8. The molecule has 0 saturated heterocycles. The number of hydrogen-bond acceptors (Lipinski definition) is 16. The summed E-state index contributed by atoms with van der Waals surface area (Å²) in [7, 11) is 2.80. The van der Waals surface area contributed by atoms with Crippen molar-refractivity contribution in [1.29, 1.82) is 0 Å². The molecule has 0 atom stereocenters. The second-order valence-electron chi connectivity index (χ2n) is 26.2. The molecule has 0 aliphatic heterocycles. The van der Waals surface area contributed by atoms with Gasteiger partial charge in [0.25, 0.3) is 0 Å². The summed E-state index contributed by atoms with van der Waals surface area (Å²) in [6.07, 6.45) is 13.0. The van der Waals surface area contributed by atoms with Gasteiger partial charge in [0.05, 0.1) is 37.2 Å². The summed E-state index contributed by atoms with van der Waals surface area (Å²) >= 11 is 0. The van der Waals surface area contributed by atoms with Crippen molar-refractivity contribution in [3.8, 4) is 45.6 Å². The van der Waals surface area contributed by atoms with E-state index in [4.69, 9.17) is 37.9 Å². The van der Waals surface area contributed by atoms with Gasteiger partial charge in [0.1, 0.15) is 34.5 Å². The van der Waals surface area contributed by atoms with Crippen LogP contribution in [0, 0.1) is 51.4 Å². The van der Waals surface area contributed by atoms with Crippen molar-refractivity contribution in [2.75, 3.05) is 14.2 Å². The SMILES string of the molecule is CC.CC(=O)Oc1ccc(OC(C)=O)cc1.CC(=O)Oc1ccc(OC(C)=O)cc1.COC(=O)c1ccc(C2CCC(C(=O)Oc3ccc(C)cc3)CC2)cc1.COC(=O)c1ccc(C2CCC(C)CC2)cc1.Cc1ccc(-c2ccc(C)cc2)cc1.Cc1ccc(OC(=O)C2CCC(C)CC2)cc1. The van der Waals surface area contributed by atoms with E-state index in [9.17, 15) is 38.4 Å². The summed E-state index contributed by atoms with van der Waals surface area (Å²) in [4.78, 5) is 89.4. The Morgan fingerprint density at radius 2 is 0.490 bits per heavy atom. The van der Waals surface area contributed by atoms with Gasteiger partial charge in [-0.1, -0.05) is 160 Å². The summed E-state index contributed by atoms with van der Waals surface area (Å²) in [5.41, 5.74) is 11.3. The molecule has 3 aliphatic rings. The van der Waals surface area contributed by atoms with Gasteiger partial charge >= 0.3 is 47.8 Å². The Kier molecular flexibility index (Phi) is 36.3. The zero-order valence-electron chi connectivity index (χ0n) is 63.0. The summed E-state index contributed by atoms with van der Waals surface area (Å²) < 4.78 is 39.5. The van der Waals surface area contributed by atoms with Crippen molar-refractivity contribution >= 4 is 47.8 Å². The highest BCUT2D eigenvalue weighted by Gasteiger charge is 2.29. The number of hydrogen-bond donors (Lipinski definition) is 0. The second-order valence-corrected chi connectivity index (χ2v) is 26.2. The van der Waals surface area contributed by atoms with Gasteiger partial charge in [-0.2, -0.15) is 0 Å². The fraction of sp³-hybridized carbons (Fsp3) is 0.364. The van der Waals surface area contributed by atoms with Crippen LogP contribution in [0.25, 0.3) is 11.1 Å². The van der Waals surface area contributed by atoms with E-state index >= 15 is 0 Å². The van der Waals surface area contributed by atoms with Crippen LogP contribution in [0.3, 0.4) is 0 Å². The van der Waals surface area contributed by atoms with E-state index in [1.807, 2.05) is 100 Å². The van der Waals surface area contributed by atoms with Gasteiger partial charge in [0.15, 0.2) is 0 Å². The average molecular weight is 1420 g/mol. The Morgan fingerprint density at radius 3 is 0.740 bits per heavy atom. The molecule has 0 bridgehead atoms. The molecule has 104 heavy (non-hydrogen) atoms. The van der Waals surface area contributed by atoms with Crippen molar-refractivity contribution in [1.82, 2.24) is 0 Å². The van der Waals surface area contributed by atoms with Gasteiger partial charge in [-0.3, -0.25) is 28.8 Å². The molecule has 16 heteroatoms. The number of carbonyl (C=O) groups is 8. The molecule has 3 saturated carbocycles. The fourth-order valence-electron chi connectivity index (χ4n) is 11.7. The van der Waals surface area contributed by atoms with Crippen molar-refractivity contribution < 1.29 is 76.3 Å². The molecule has 0 amide bonds. The van der Waals surface area contributed by atoms with Crippen LogP contribution >= 0.6 is 0 Å². The maximum Gasteiger partial charge on any atom is 0.337 e. The van der Waals surface area contributed by atoms with Crippen molar-refractivity contribution in [2.24, 2.45) is 23.7 Å². The molecule has 3 aliphatic carbocycles. The van der Waals surface area contributed by atoms with Crippen LogP contribution in [0.1, 0.15) is 198 Å². The van der Waals surface area contributed by atoms with Gasteiger partial charge in [-0.05, 0) is 235 Å². The van der Waals surface area contributed by atoms with Gasteiger partial charge < -0.3 is 37.9 Å². The largest absolute Gasteiger partial charge is 0.465 e. The highest BCUT2D eigenvalue weighted by molar-refractivity contribution is 5.90. The van der Waals surface area contributed by atoms with Crippen LogP contribution < -0.4 is 28.4 Å². The van der Waals surface area contributed by atoms with E-state index in [1.165, 1.54) is 107 Å². The van der Waals surface area contributed by atoms with Crippen molar-refractivity contribution in [2.45, 2.75) is 172 Å². The van der Waals surface area contributed by atoms with Gasteiger partial charge in [0, 0.05) is 27.7 Å². The maximum absolute atomic E-state index is 12.4. The summed E-state index contributed by atoms with van der Waals surface area (Å²) in [5, 5.41) is 0. The van der Waals surface area contributed by atoms with Gasteiger partial charge in [-0.15, -0.1) is 0 Å². The Labute approximate surface area is 615 Å². The molecule has 0 spiro atoms. The molecule has 0 radical (unpaired) electrons. The molecular formula is C88H104O16. The summed E-state index contributed by atoms with van der Waals surface area (Å²) in [6.45, 7) is 22.1. The smallest absolute Gasteiger partial charge is 0.337 e. The van der Waals surface area contributed by atoms with Crippen LogP contribution in [0.2, 0.25) is 0 Å². The molecule has 3 fully saturated rings. The molecule has 552 valence electrons. The predicted molar refractivity (Wildman–Crippen MR) is 406 cm³/mol. The maximum atomic E-state index is 12.4. The van der Waals surface area contributed by atoms with Crippen LogP contribution in [0.4, 0.5) is 0 Å². The van der Waals surface area contributed by atoms with Crippen LogP contribution in [-0.2, 0) is 38.2 Å². The molecule has 0 N–H and O–H groups in total. The lowest BCUT2D eigenvalue weighted by molar-refractivity contribution is -0.141. The molecule has 16 nitrogen and oxygen atoms in total. The van der Waals surface area contributed by atoms with E-state index in [-0.39, 0.29) is 59.6 Å². The highest BCUT2D eigenvalue weighted by atomic mass is 16.6. The summed E-state index contributed by atoms with van der Waals surface area (Å²) in [6, 6.07) is 60.4. The number of esters is 8. The van der Waals surface area contributed by atoms with Gasteiger partial charge in [-0.25, -0.2) is 9.59 Å². The number of aryl methyl sites for hydroxylation is 4.